The second-order valence-electron chi connectivity index (χ2n) is 6.00. The van der Waals surface area contributed by atoms with Crippen LogP contribution in [-0.4, -0.2) is 38.1 Å². The highest BCUT2D eigenvalue weighted by atomic mass is 16.5. The average Bonchev–Trinajstić information content (AvgIpc) is 3.07. The van der Waals surface area contributed by atoms with Gasteiger partial charge in [-0.2, -0.15) is 0 Å². The Labute approximate surface area is 114 Å². The molecule has 0 radical (unpaired) electrons. The molecule has 1 aliphatic heterocycles. The van der Waals surface area contributed by atoms with Gasteiger partial charge in [0.2, 0.25) is 11.8 Å². The lowest BCUT2D eigenvalue weighted by Gasteiger charge is -2.23. The van der Waals surface area contributed by atoms with Gasteiger partial charge in [-0.1, -0.05) is 13.8 Å². The van der Waals surface area contributed by atoms with Crippen LogP contribution in [0.5, 0.6) is 0 Å². The molecule has 2 atom stereocenters. The average molecular weight is 268 g/mol. The maximum Gasteiger partial charge on any atom is 0.235 e. The second kappa shape index (κ2) is 5.49. The summed E-state index contributed by atoms with van der Waals surface area (Å²) in [7, 11) is 1.58. The summed E-state index contributed by atoms with van der Waals surface area (Å²) in [5, 5.41) is 5.53. The highest BCUT2D eigenvalue weighted by Crippen LogP contribution is 2.46. The molecule has 1 heterocycles. The number of amides is 2. The zero-order chi connectivity index (χ0) is 14.0. The molecule has 1 saturated carbocycles. The number of hydrogen-bond acceptors (Lipinski definition) is 3. The summed E-state index contributed by atoms with van der Waals surface area (Å²) in [5.41, 5.74) is -0.790. The quantitative estimate of drug-likeness (QED) is 0.721. The Balaban J connectivity index is 1.86. The van der Waals surface area contributed by atoms with Crippen LogP contribution in [0.25, 0.3) is 0 Å². The zero-order valence-electron chi connectivity index (χ0n) is 12.0. The lowest BCUT2D eigenvalue weighted by atomic mass is 9.92. The molecule has 0 aromatic rings. The molecule has 5 heteroatoms. The Hall–Kier alpha value is -1.10. The van der Waals surface area contributed by atoms with Crippen LogP contribution in [0.4, 0.5) is 0 Å². The van der Waals surface area contributed by atoms with Gasteiger partial charge >= 0.3 is 0 Å². The molecule has 108 valence electrons. The zero-order valence-corrected chi connectivity index (χ0v) is 12.0. The van der Waals surface area contributed by atoms with Crippen LogP contribution in [0.15, 0.2) is 0 Å². The van der Waals surface area contributed by atoms with Crippen LogP contribution in [0.1, 0.15) is 33.1 Å². The molecule has 5 nitrogen and oxygen atoms in total. The number of rotatable bonds is 5. The van der Waals surface area contributed by atoms with Crippen molar-refractivity contribution in [1.29, 1.82) is 0 Å². The SMILES string of the molecule is CNC(=O)C1(C(=O)NC[C@H]2CCO[C@@H]2C(C)C)CC1. The smallest absolute Gasteiger partial charge is 0.235 e. The number of hydrogen-bond donors (Lipinski definition) is 2. The summed E-state index contributed by atoms with van der Waals surface area (Å²) in [6.45, 7) is 5.65. The predicted molar refractivity (Wildman–Crippen MR) is 71.4 cm³/mol. The third-order valence-corrected chi connectivity index (χ3v) is 4.29. The van der Waals surface area contributed by atoms with Crippen LogP contribution in [0, 0.1) is 17.3 Å². The number of carbonyl (C=O) groups is 2. The van der Waals surface area contributed by atoms with Crippen molar-refractivity contribution in [3.63, 3.8) is 0 Å². The molecule has 1 aliphatic carbocycles. The van der Waals surface area contributed by atoms with E-state index in [1.807, 2.05) is 0 Å². The van der Waals surface area contributed by atoms with Crippen LogP contribution in [-0.2, 0) is 14.3 Å². The molecule has 1 saturated heterocycles. The Morgan fingerprint density at radius 3 is 2.53 bits per heavy atom. The summed E-state index contributed by atoms with van der Waals surface area (Å²) in [5.74, 6) is 0.539. The number of carbonyl (C=O) groups excluding carboxylic acids is 2. The van der Waals surface area contributed by atoms with Crippen LogP contribution in [0.3, 0.4) is 0 Å². The van der Waals surface area contributed by atoms with Crippen LogP contribution in [0.2, 0.25) is 0 Å². The van der Waals surface area contributed by atoms with Crippen molar-refractivity contribution < 1.29 is 14.3 Å². The third kappa shape index (κ3) is 2.76. The molecule has 0 unspecified atom stereocenters. The maximum atomic E-state index is 12.1. The lowest BCUT2D eigenvalue weighted by molar-refractivity contribution is -0.137. The van der Waals surface area contributed by atoms with E-state index < -0.39 is 5.41 Å². The van der Waals surface area contributed by atoms with E-state index in [0.29, 0.717) is 31.2 Å². The van der Waals surface area contributed by atoms with Gasteiger partial charge in [-0.15, -0.1) is 0 Å². The summed E-state index contributed by atoms with van der Waals surface area (Å²) < 4.78 is 5.70. The first-order valence-electron chi connectivity index (χ1n) is 7.13. The van der Waals surface area contributed by atoms with E-state index in [9.17, 15) is 9.59 Å². The predicted octanol–water partition coefficient (Wildman–Crippen LogP) is 0.690. The topological polar surface area (TPSA) is 67.4 Å². The van der Waals surface area contributed by atoms with Crippen molar-refractivity contribution in [2.24, 2.45) is 17.3 Å². The standard InChI is InChI=1S/C14H24N2O3/c1-9(2)11-10(4-7-19-11)8-16-13(18)14(5-6-14)12(17)15-3/h9-11H,4-8H2,1-3H3,(H,15,17)(H,16,18)/t10-,11-/m1/s1. The van der Waals surface area contributed by atoms with Crippen molar-refractivity contribution in [2.75, 3.05) is 20.2 Å². The van der Waals surface area contributed by atoms with Crippen LogP contribution >= 0.6 is 0 Å². The van der Waals surface area contributed by atoms with Crippen molar-refractivity contribution in [3.05, 3.63) is 0 Å². The second-order valence-corrected chi connectivity index (χ2v) is 6.00. The van der Waals surface area contributed by atoms with Gasteiger partial charge < -0.3 is 15.4 Å². The molecule has 2 amide bonds. The van der Waals surface area contributed by atoms with Gasteiger partial charge in [0.15, 0.2) is 0 Å². The van der Waals surface area contributed by atoms with E-state index in [-0.39, 0.29) is 17.9 Å². The van der Waals surface area contributed by atoms with E-state index in [0.717, 1.165) is 13.0 Å². The third-order valence-electron chi connectivity index (χ3n) is 4.29. The van der Waals surface area contributed by atoms with Gasteiger partial charge in [0.25, 0.3) is 0 Å². The molecule has 2 N–H and O–H groups in total. The van der Waals surface area contributed by atoms with E-state index >= 15 is 0 Å². The van der Waals surface area contributed by atoms with Crippen molar-refractivity contribution in [3.8, 4) is 0 Å². The lowest BCUT2D eigenvalue weighted by Crippen LogP contribution is -2.44. The van der Waals surface area contributed by atoms with Gasteiger partial charge in [-0.05, 0) is 25.2 Å². The van der Waals surface area contributed by atoms with Crippen molar-refractivity contribution in [1.82, 2.24) is 10.6 Å². The van der Waals surface area contributed by atoms with Gasteiger partial charge in [0.05, 0.1) is 6.10 Å². The monoisotopic (exact) mass is 268 g/mol. The first-order chi connectivity index (χ1) is 9.01. The minimum absolute atomic E-state index is 0.124. The summed E-state index contributed by atoms with van der Waals surface area (Å²) in [4.78, 5) is 23.9. The molecule has 0 spiro atoms. The van der Waals surface area contributed by atoms with E-state index in [2.05, 4.69) is 24.5 Å². The number of nitrogens with one attached hydrogen (secondary N) is 2. The highest BCUT2D eigenvalue weighted by molar-refractivity contribution is 6.07. The minimum atomic E-state index is -0.790. The van der Waals surface area contributed by atoms with E-state index in [1.165, 1.54) is 0 Å². The fourth-order valence-corrected chi connectivity index (χ4v) is 2.93. The molecule has 2 aliphatic rings. The first-order valence-corrected chi connectivity index (χ1v) is 7.13. The van der Waals surface area contributed by atoms with Gasteiger partial charge in [0.1, 0.15) is 5.41 Å². The van der Waals surface area contributed by atoms with Gasteiger partial charge in [-0.25, -0.2) is 0 Å². The van der Waals surface area contributed by atoms with Crippen molar-refractivity contribution >= 4 is 11.8 Å². The fraction of sp³-hybridized carbons (Fsp3) is 0.857. The molecule has 19 heavy (non-hydrogen) atoms. The summed E-state index contributed by atoms with van der Waals surface area (Å²) >= 11 is 0. The normalized spacial score (nSPS) is 28.2. The Bertz CT molecular complexity index is 364. The molecule has 2 rings (SSSR count). The fourth-order valence-electron chi connectivity index (χ4n) is 2.93. The molecule has 0 bridgehead atoms. The molecule has 2 fully saturated rings. The maximum absolute atomic E-state index is 12.1. The highest BCUT2D eigenvalue weighted by Gasteiger charge is 2.56. The van der Waals surface area contributed by atoms with Crippen molar-refractivity contribution in [2.45, 2.75) is 39.2 Å². The Morgan fingerprint density at radius 2 is 2.00 bits per heavy atom. The molecular weight excluding hydrogens is 244 g/mol. The van der Waals surface area contributed by atoms with E-state index in [1.54, 1.807) is 7.05 Å². The Kier molecular flexibility index (Phi) is 4.13. The van der Waals surface area contributed by atoms with Crippen LogP contribution < -0.4 is 10.6 Å². The number of ether oxygens (including phenoxy) is 1. The summed E-state index contributed by atoms with van der Waals surface area (Å²) in [6, 6.07) is 0. The van der Waals surface area contributed by atoms with Gasteiger partial charge in [0, 0.05) is 26.1 Å². The molecular formula is C14H24N2O3. The first kappa shape index (κ1) is 14.3. The summed E-state index contributed by atoms with van der Waals surface area (Å²) in [6.07, 6.45) is 2.52. The van der Waals surface area contributed by atoms with Gasteiger partial charge in [-0.3, -0.25) is 9.59 Å². The molecule has 0 aromatic heterocycles. The molecule has 0 aromatic carbocycles. The van der Waals surface area contributed by atoms with E-state index in [4.69, 9.17) is 4.74 Å². The Morgan fingerprint density at radius 1 is 1.32 bits per heavy atom. The minimum Gasteiger partial charge on any atom is -0.378 e. The largest absolute Gasteiger partial charge is 0.378 e.